The molecule has 1 aromatic heterocycles. The van der Waals surface area contributed by atoms with Crippen molar-refractivity contribution in [3.8, 4) is 0 Å². The predicted octanol–water partition coefficient (Wildman–Crippen LogP) is 5.20. The van der Waals surface area contributed by atoms with Crippen LogP contribution < -0.4 is 11.2 Å². The van der Waals surface area contributed by atoms with Crippen molar-refractivity contribution >= 4 is 11.9 Å². The molecule has 0 saturated carbocycles. The van der Waals surface area contributed by atoms with Crippen molar-refractivity contribution in [1.82, 2.24) is 9.55 Å². The van der Waals surface area contributed by atoms with Gasteiger partial charge in [0.15, 0.2) is 24.0 Å². The zero-order valence-corrected chi connectivity index (χ0v) is 28.0. The lowest BCUT2D eigenvalue weighted by Crippen LogP contribution is -2.66. The highest BCUT2D eigenvalue weighted by molar-refractivity contribution is 5.89. The lowest BCUT2D eigenvalue weighted by Gasteiger charge is -2.47. The second-order valence-corrected chi connectivity index (χ2v) is 12.0. The minimum Gasteiger partial charge on any atom is -0.454 e. The smallest absolute Gasteiger partial charge is 0.338 e. The number of nitrogens with zero attached hydrogens (tertiary/aromatic N) is 1. The van der Waals surface area contributed by atoms with Gasteiger partial charge >= 0.3 is 17.6 Å². The fourth-order valence-corrected chi connectivity index (χ4v) is 6.24. The molecule has 1 aliphatic heterocycles. The highest BCUT2D eigenvalue weighted by Crippen LogP contribution is 2.54. The topological polar surface area (TPSA) is 135 Å². The molecule has 5 rings (SSSR count). The highest BCUT2D eigenvalue weighted by Gasteiger charge is 2.72. The third kappa shape index (κ3) is 7.45. The third-order valence-corrected chi connectivity index (χ3v) is 8.61. The van der Waals surface area contributed by atoms with E-state index in [-0.39, 0.29) is 37.4 Å². The fraction of sp³-hybridized carbons (Fsp3) is 0.282. The maximum atomic E-state index is 13.7. The lowest BCUT2D eigenvalue weighted by molar-refractivity contribution is -0.236. The first-order chi connectivity index (χ1) is 24.1. The molecule has 0 unspecified atom stereocenters. The molecule has 5 atom stereocenters. The second-order valence-electron chi connectivity index (χ2n) is 12.0. The summed E-state index contributed by atoms with van der Waals surface area (Å²) in [6.07, 6.45) is 0.151. The van der Waals surface area contributed by atoms with Crippen molar-refractivity contribution < 1.29 is 33.3 Å². The van der Waals surface area contributed by atoms with E-state index in [0.717, 1.165) is 15.7 Å². The van der Waals surface area contributed by atoms with Crippen LogP contribution >= 0.6 is 0 Å². The van der Waals surface area contributed by atoms with E-state index in [1.807, 2.05) is 60.7 Å². The second kappa shape index (κ2) is 15.9. The molecule has 3 aromatic carbocycles. The molecule has 0 radical (unpaired) electrons. The van der Waals surface area contributed by atoms with Crippen LogP contribution in [0.2, 0.25) is 0 Å². The minimum absolute atomic E-state index is 0.0149. The summed E-state index contributed by atoms with van der Waals surface area (Å²) in [5.74, 6) is -1.39. The van der Waals surface area contributed by atoms with E-state index in [0.29, 0.717) is 0 Å². The van der Waals surface area contributed by atoms with Gasteiger partial charge in [-0.25, -0.2) is 9.59 Å². The van der Waals surface area contributed by atoms with E-state index in [2.05, 4.69) is 18.1 Å². The Hall–Kier alpha value is -5.36. The van der Waals surface area contributed by atoms with Crippen LogP contribution in [-0.4, -0.2) is 51.5 Å². The van der Waals surface area contributed by atoms with Crippen molar-refractivity contribution in [1.29, 1.82) is 0 Å². The summed E-state index contributed by atoms with van der Waals surface area (Å²) in [6, 6.07) is 27.1. The molecule has 1 saturated heterocycles. The van der Waals surface area contributed by atoms with Gasteiger partial charge in [0.05, 0.1) is 25.4 Å². The van der Waals surface area contributed by atoms with Gasteiger partial charge in [-0.05, 0) is 36.3 Å². The van der Waals surface area contributed by atoms with Crippen LogP contribution in [0.1, 0.15) is 46.6 Å². The SMILES string of the molecule is C=CC[C@]1(OCc2ccccc2)[C@@H](OC(C)=O)[C@H](n2cc(C)c(=O)[nH]c2=O)O[C@@]1(COCc1ccccc1)[C@H](C=C)OC(=O)c1ccccc1. The van der Waals surface area contributed by atoms with E-state index >= 15 is 0 Å². The van der Waals surface area contributed by atoms with Crippen LogP contribution in [0.15, 0.2) is 132 Å². The van der Waals surface area contributed by atoms with Crippen molar-refractivity contribution in [2.45, 2.75) is 63.1 Å². The number of carbonyl (C=O) groups excluding carboxylic acids is 2. The Morgan fingerprint density at radius 2 is 1.54 bits per heavy atom. The number of nitrogens with one attached hydrogen (secondary N) is 1. The number of H-pyrrole nitrogens is 1. The van der Waals surface area contributed by atoms with Gasteiger partial charge in [-0.15, -0.1) is 6.58 Å². The summed E-state index contributed by atoms with van der Waals surface area (Å²) in [5, 5.41) is 0. The first kappa shape index (κ1) is 35.9. The number of aromatic amines is 1. The maximum absolute atomic E-state index is 13.7. The predicted molar refractivity (Wildman–Crippen MR) is 185 cm³/mol. The summed E-state index contributed by atoms with van der Waals surface area (Å²) < 4.78 is 33.5. The maximum Gasteiger partial charge on any atom is 0.338 e. The van der Waals surface area contributed by atoms with Crippen molar-refractivity contribution in [3.05, 3.63) is 166 Å². The standard InChI is InChI=1S/C39H40N2O9/c1-5-22-38(47-25-30-18-12-8-13-19-30)33(48-28(4)42)35(41-23-27(3)34(43)40-37(41)45)50-39(38,26-46-24-29-16-10-7-11-17-29)32(6-2)49-36(44)31-20-14-9-15-21-31/h5-21,23,32-33,35H,1-2,22,24-26H2,3-4H3,(H,40,43,45)/t32-,33-,35+,38-,39-/m0/s1. The molecule has 11 nitrogen and oxygen atoms in total. The number of carbonyl (C=O) groups is 2. The molecule has 0 aliphatic carbocycles. The van der Waals surface area contributed by atoms with E-state index in [1.54, 1.807) is 36.4 Å². The number of benzene rings is 3. The number of aryl methyl sites for hydroxylation is 1. The van der Waals surface area contributed by atoms with Crippen molar-refractivity contribution in [2.75, 3.05) is 6.61 Å². The number of hydrogen-bond donors (Lipinski definition) is 1. The monoisotopic (exact) mass is 680 g/mol. The van der Waals surface area contributed by atoms with Gasteiger partial charge in [-0.3, -0.25) is 19.1 Å². The van der Waals surface area contributed by atoms with Crippen LogP contribution in [0, 0.1) is 6.92 Å². The molecule has 2 heterocycles. The van der Waals surface area contributed by atoms with Gasteiger partial charge < -0.3 is 23.7 Å². The van der Waals surface area contributed by atoms with Gasteiger partial charge in [-0.2, -0.15) is 0 Å². The molecule has 260 valence electrons. The highest BCUT2D eigenvalue weighted by atomic mass is 16.7. The molecule has 1 fully saturated rings. The van der Waals surface area contributed by atoms with E-state index in [4.69, 9.17) is 23.7 Å². The number of ether oxygens (including phenoxy) is 5. The summed E-state index contributed by atoms with van der Waals surface area (Å²) in [5.41, 5.74) is -2.92. The normalized spacial score (nSPS) is 22.0. The van der Waals surface area contributed by atoms with Gasteiger partial charge in [0.2, 0.25) is 0 Å². The van der Waals surface area contributed by atoms with Crippen molar-refractivity contribution in [3.63, 3.8) is 0 Å². The van der Waals surface area contributed by atoms with Gasteiger partial charge in [0, 0.05) is 25.1 Å². The van der Waals surface area contributed by atoms with E-state index in [9.17, 15) is 19.2 Å². The molecule has 50 heavy (non-hydrogen) atoms. The first-order valence-corrected chi connectivity index (χ1v) is 16.1. The molecule has 1 aliphatic rings. The quantitative estimate of drug-likeness (QED) is 0.133. The minimum atomic E-state index is -1.84. The Morgan fingerprint density at radius 3 is 2.12 bits per heavy atom. The average Bonchev–Trinajstić information content (AvgIpc) is 3.37. The van der Waals surface area contributed by atoms with E-state index in [1.165, 1.54) is 26.1 Å². The molecule has 11 heteroatoms. The number of hydrogen-bond acceptors (Lipinski definition) is 9. The Kier molecular flexibility index (Phi) is 11.4. The molecule has 1 N–H and O–H groups in total. The first-order valence-electron chi connectivity index (χ1n) is 16.1. The molecule has 0 amide bonds. The van der Waals surface area contributed by atoms with Crippen LogP contribution in [0.4, 0.5) is 0 Å². The van der Waals surface area contributed by atoms with Crippen molar-refractivity contribution in [2.24, 2.45) is 0 Å². The average molecular weight is 681 g/mol. The number of rotatable bonds is 15. The lowest BCUT2D eigenvalue weighted by atomic mass is 9.74. The number of aromatic nitrogens is 2. The van der Waals surface area contributed by atoms with Crippen LogP contribution in [0.5, 0.6) is 0 Å². The summed E-state index contributed by atoms with van der Waals surface area (Å²) in [4.78, 5) is 54.8. The Balaban J connectivity index is 1.74. The van der Waals surface area contributed by atoms with E-state index < -0.39 is 52.8 Å². The Morgan fingerprint density at radius 1 is 0.940 bits per heavy atom. The molecular formula is C39H40N2O9. The van der Waals surface area contributed by atoms with Gasteiger partial charge in [0.1, 0.15) is 5.60 Å². The van der Waals surface area contributed by atoms with Crippen LogP contribution in [0.25, 0.3) is 0 Å². The Bertz CT molecular complexity index is 1910. The van der Waals surface area contributed by atoms with Crippen LogP contribution in [-0.2, 0) is 41.7 Å². The molecule has 0 spiro atoms. The molecule has 4 aromatic rings. The summed E-state index contributed by atoms with van der Waals surface area (Å²) >= 11 is 0. The fourth-order valence-electron chi connectivity index (χ4n) is 6.24. The molecular weight excluding hydrogens is 640 g/mol. The summed E-state index contributed by atoms with van der Waals surface area (Å²) in [6.45, 7) is 10.6. The largest absolute Gasteiger partial charge is 0.454 e. The zero-order chi connectivity index (χ0) is 35.7. The van der Waals surface area contributed by atoms with Gasteiger partial charge in [0.25, 0.3) is 5.56 Å². The van der Waals surface area contributed by atoms with Gasteiger partial charge in [-0.1, -0.05) is 91.5 Å². The Labute approximate surface area is 289 Å². The molecule has 0 bridgehead atoms. The summed E-state index contributed by atoms with van der Waals surface area (Å²) in [7, 11) is 0. The zero-order valence-electron chi connectivity index (χ0n) is 28.0. The third-order valence-electron chi connectivity index (χ3n) is 8.61. The van der Waals surface area contributed by atoms with Crippen LogP contribution in [0.3, 0.4) is 0 Å². The number of esters is 2.